The average molecular weight is 260 g/mol. The van der Waals surface area contributed by atoms with Crippen molar-refractivity contribution in [1.29, 1.82) is 0 Å². The predicted molar refractivity (Wildman–Crippen MR) is 66.8 cm³/mol. The summed E-state index contributed by atoms with van der Waals surface area (Å²) in [6.45, 7) is 6.10. The molecule has 0 unspecified atom stereocenters. The van der Waals surface area contributed by atoms with E-state index in [1.807, 2.05) is 0 Å². The Kier molecular flexibility index (Phi) is 21.9. The fourth-order valence-corrected chi connectivity index (χ4v) is 1.31. The van der Waals surface area contributed by atoms with E-state index in [2.05, 4.69) is 13.8 Å². The number of hydrogen-bond acceptors (Lipinski definition) is 2. The van der Waals surface area contributed by atoms with Gasteiger partial charge >= 0.3 is 29.3 Å². The minimum atomic E-state index is -4.67. The average Bonchev–Trinajstić information content (AvgIpc) is 2.14. The Morgan fingerprint density at radius 2 is 1.18 bits per heavy atom. The third-order valence-corrected chi connectivity index (χ3v) is 2.10. The molecule has 0 atom stereocenters. The zero-order chi connectivity index (χ0) is 12.9. The molecule has 0 aliphatic heterocycles. The number of rotatable bonds is 8. The molecule has 0 heterocycles. The molecule has 0 bridgehead atoms. The van der Waals surface area contributed by atoms with Gasteiger partial charge < -0.3 is 6.92 Å². The summed E-state index contributed by atoms with van der Waals surface area (Å²) >= 11 is 0. The van der Waals surface area contributed by atoms with Crippen LogP contribution in [0, 0.1) is 6.92 Å². The molecule has 0 radical (unpaired) electrons. The maximum Gasteiger partial charge on any atom is 1.00 e. The molecule has 0 aromatic rings. The zero-order valence-corrected chi connectivity index (χ0v) is 12.0. The second-order valence-corrected chi connectivity index (χ2v) is 4.67. The first-order chi connectivity index (χ1) is 7.41. The van der Waals surface area contributed by atoms with Gasteiger partial charge in [-0.25, -0.2) is 0 Å². The first-order valence-electron chi connectivity index (χ1n) is 5.91. The van der Waals surface area contributed by atoms with Gasteiger partial charge in [-0.15, -0.1) is 0 Å². The number of unbranched alkanes of at least 4 members (excludes halogenated alkanes) is 8. The standard InChI is InChI=1S/C11H23.Li.H2O4S/c1-3-5-7-9-11-10-8-6-4-2;;1-5(2,3)4/h1,3-11H2,2H3;;(H2,1,2,3,4)/q-1;+1;. The Bertz CT molecular complexity index is 202. The summed E-state index contributed by atoms with van der Waals surface area (Å²) in [5.74, 6) is 0. The van der Waals surface area contributed by atoms with Gasteiger partial charge in [-0.3, -0.25) is 9.11 Å². The van der Waals surface area contributed by atoms with Crippen molar-refractivity contribution in [2.24, 2.45) is 0 Å². The van der Waals surface area contributed by atoms with Crippen molar-refractivity contribution in [3.8, 4) is 0 Å². The quantitative estimate of drug-likeness (QED) is 0.292. The van der Waals surface area contributed by atoms with Crippen LogP contribution >= 0.6 is 0 Å². The van der Waals surface area contributed by atoms with Crippen LogP contribution < -0.4 is 18.9 Å². The summed E-state index contributed by atoms with van der Waals surface area (Å²) in [6.07, 6.45) is 12.4. The molecule has 2 N–H and O–H groups in total. The molecule has 0 spiro atoms. The van der Waals surface area contributed by atoms with Gasteiger partial charge in [0.25, 0.3) is 0 Å². The Hall–Kier alpha value is 0.467. The fraction of sp³-hybridized carbons (Fsp3) is 0.909. The van der Waals surface area contributed by atoms with Gasteiger partial charge in [0.15, 0.2) is 0 Å². The molecule has 0 aromatic carbocycles. The Morgan fingerprint density at radius 3 is 1.47 bits per heavy atom. The van der Waals surface area contributed by atoms with Crippen molar-refractivity contribution < 1.29 is 36.4 Å². The van der Waals surface area contributed by atoms with Crippen molar-refractivity contribution in [2.75, 3.05) is 0 Å². The summed E-state index contributed by atoms with van der Waals surface area (Å²) in [6, 6.07) is 0. The van der Waals surface area contributed by atoms with Gasteiger partial charge in [0.1, 0.15) is 0 Å². The van der Waals surface area contributed by atoms with Crippen molar-refractivity contribution in [2.45, 2.75) is 64.7 Å². The van der Waals surface area contributed by atoms with Crippen LogP contribution in [-0.2, 0) is 10.4 Å². The van der Waals surface area contributed by atoms with Crippen LogP contribution in [0.3, 0.4) is 0 Å². The Balaban J connectivity index is -0.000000280. The van der Waals surface area contributed by atoms with Crippen molar-refractivity contribution >= 4 is 10.4 Å². The summed E-state index contributed by atoms with van der Waals surface area (Å²) in [4.78, 5) is 0. The third-order valence-electron chi connectivity index (χ3n) is 2.10. The summed E-state index contributed by atoms with van der Waals surface area (Å²) in [7, 11) is -4.67. The molecule has 4 nitrogen and oxygen atoms in total. The largest absolute Gasteiger partial charge is 1.00 e. The van der Waals surface area contributed by atoms with E-state index >= 15 is 0 Å². The summed E-state index contributed by atoms with van der Waals surface area (Å²) in [5, 5.41) is 0. The topological polar surface area (TPSA) is 74.6 Å². The first kappa shape index (κ1) is 22.6. The second kappa shape index (κ2) is 16.5. The van der Waals surface area contributed by atoms with Crippen LogP contribution in [0.15, 0.2) is 0 Å². The van der Waals surface area contributed by atoms with Crippen molar-refractivity contribution in [3.63, 3.8) is 0 Å². The molecule has 100 valence electrons. The molecule has 0 aliphatic carbocycles. The SMILES string of the molecule is O=S(=O)(O)O.[CH2-]CCCCCCCCCC.[Li+]. The Labute approximate surface area is 118 Å². The predicted octanol–water partition coefficient (Wildman–Crippen LogP) is 0.702. The molecule has 0 amide bonds. The molecule has 0 aromatic heterocycles. The van der Waals surface area contributed by atoms with E-state index in [1.54, 1.807) is 0 Å². The molecule has 0 fully saturated rings. The van der Waals surface area contributed by atoms with Gasteiger partial charge in [-0.05, 0) is 0 Å². The maximum atomic E-state index is 8.74. The van der Waals surface area contributed by atoms with E-state index in [-0.39, 0.29) is 18.9 Å². The van der Waals surface area contributed by atoms with Gasteiger partial charge in [0.05, 0.1) is 0 Å². The molecule has 0 aliphatic rings. The van der Waals surface area contributed by atoms with E-state index in [9.17, 15) is 0 Å². The second-order valence-electron chi connectivity index (χ2n) is 3.78. The van der Waals surface area contributed by atoms with E-state index in [0.717, 1.165) is 6.42 Å². The van der Waals surface area contributed by atoms with Gasteiger partial charge in [0, 0.05) is 0 Å². The van der Waals surface area contributed by atoms with Crippen molar-refractivity contribution in [3.05, 3.63) is 6.92 Å². The van der Waals surface area contributed by atoms with Crippen LogP contribution in [0.1, 0.15) is 64.7 Å². The smallest absolute Gasteiger partial charge is 0.343 e. The summed E-state index contributed by atoms with van der Waals surface area (Å²) < 4.78 is 31.6. The molecular formula is C11H25LiO4S. The minimum absolute atomic E-state index is 0. The molecule has 0 saturated carbocycles. The normalized spacial score (nSPS) is 10.1. The fourth-order valence-electron chi connectivity index (χ4n) is 1.31. The van der Waals surface area contributed by atoms with Crippen molar-refractivity contribution in [1.82, 2.24) is 0 Å². The third kappa shape index (κ3) is 48.1. The molecule has 0 rings (SSSR count). The van der Waals surface area contributed by atoms with Gasteiger partial charge in [-0.1, -0.05) is 58.3 Å². The van der Waals surface area contributed by atoms with E-state index in [1.165, 1.54) is 51.4 Å². The van der Waals surface area contributed by atoms with Crippen LogP contribution in [-0.4, -0.2) is 17.5 Å². The van der Waals surface area contributed by atoms with Crippen LogP contribution in [0.5, 0.6) is 0 Å². The summed E-state index contributed by atoms with van der Waals surface area (Å²) in [5.41, 5.74) is 0. The van der Waals surface area contributed by atoms with E-state index < -0.39 is 10.4 Å². The molecule has 6 heteroatoms. The van der Waals surface area contributed by atoms with Crippen LogP contribution in [0.2, 0.25) is 0 Å². The van der Waals surface area contributed by atoms with Gasteiger partial charge in [-0.2, -0.15) is 14.8 Å². The van der Waals surface area contributed by atoms with Gasteiger partial charge in [0.2, 0.25) is 0 Å². The Morgan fingerprint density at radius 1 is 0.882 bits per heavy atom. The van der Waals surface area contributed by atoms with Crippen LogP contribution in [0.4, 0.5) is 0 Å². The van der Waals surface area contributed by atoms with E-state index in [4.69, 9.17) is 17.5 Å². The first-order valence-corrected chi connectivity index (χ1v) is 7.30. The molecular weight excluding hydrogens is 235 g/mol. The zero-order valence-electron chi connectivity index (χ0n) is 11.2. The molecule has 0 saturated heterocycles. The van der Waals surface area contributed by atoms with Crippen LogP contribution in [0.25, 0.3) is 0 Å². The maximum absolute atomic E-state index is 8.74. The minimum Gasteiger partial charge on any atom is -0.343 e. The number of hydrogen-bond donors (Lipinski definition) is 2. The van der Waals surface area contributed by atoms with E-state index in [0.29, 0.717) is 0 Å². The molecule has 17 heavy (non-hydrogen) atoms. The monoisotopic (exact) mass is 260 g/mol.